The first kappa shape index (κ1) is 28.8. The standard InChI is InChI=1S/C24H22N.C5H8O2.2C2H6/c1-4-24(3)20-14-13-17-9-5-6-11-19(17)23(20)22-15-16(2)18-10-7-8-12-21(18)25(22)24;1-4(6)3-5(2)7;2*1-2/h5-15H,4H2,1-3H3;3,6H,1-2H3;2*1-2H3/q+1;;;/b;4-3-;;. The maximum absolute atomic E-state index is 10.0. The van der Waals surface area contributed by atoms with Crippen LogP contribution < -0.4 is 4.57 Å². The van der Waals surface area contributed by atoms with Crippen molar-refractivity contribution in [2.24, 2.45) is 0 Å². The predicted octanol–water partition coefficient (Wildman–Crippen LogP) is 8.83. The van der Waals surface area contributed by atoms with Crippen LogP contribution in [0.2, 0.25) is 0 Å². The van der Waals surface area contributed by atoms with E-state index in [0.29, 0.717) is 0 Å². The molecule has 3 aromatic carbocycles. The van der Waals surface area contributed by atoms with Gasteiger partial charge in [-0.05, 0) is 43.2 Å². The summed E-state index contributed by atoms with van der Waals surface area (Å²) in [7, 11) is 0. The van der Waals surface area contributed by atoms with E-state index in [1.165, 1.54) is 64.0 Å². The van der Waals surface area contributed by atoms with E-state index in [-0.39, 0.29) is 17.1 Å². The number of nitrogens with zero attached hydrogens (tertiary/aromatic N) is 1. The maximum atomic E-state index is 10.0. The van der Waals surface area contributed by atoms with Crippen molar-refractivity contribution in [1.82, 2.24) is 0 Å². The van der Waals surface area contributed by atoms with Crippen LogP contribution >= 0.6 is 0 Å². The molecule has 3 nitrogen and oxygen atoms in total. The van der Waals surface area contributed by atoms with Crippen molar-refractivity contribution in [3.8, 4) is 11.3 Å². The third-order valence-corrected chi connectivity index (χ3v) is 6.52. The molecule has 0 aliphatic carbocycles. The maximum Gasteiger partial charge on any atom is 0.215 e. The van der Waals surface area contributed by atoms with Crippen LogP contribution in [-0.4, -0.2) is 10.9 Å². The van der Waals surface area contributed by atoms with E-state index in [2.05, 4.69) is 92.1 Å². The smallest absolute Gasteiger partial charge is 0.215 e. The van der Waals surface area contributed by atoms with Crippen molar-refractivity contribution in [2.45, 2.75) is 74.3 Å². The van der Waals surface area contributed by atoms with Gasteiger partial charge in [-0.1, -0.05) is 83.1 Å². The lowest BCUT2D eigenvalue weighted by Crippen LogP contribution is -2.52. The van der Waals surface area contributed by atoms with Crippen molar-refractivity contribution in [2.75, 3.05) is 0 Å². The van der Waals surface area contributed by atoms with Gasteiger partial charge in [0.1, 0.15) is 0 Å². The van der Waals surface area contributed by atoms with Crippen molar-refractivity contribution in [1.29, 1.82) is 0 Å². The van der Waals surface area contributed by atoms with E-state index in [0.717, 1.165) is 6.42 Å². The van der Waals surface area contributed by atoms with Crippen LogP contribution in [0.15, 0.2) is 78.6 Å². The van der Waals surface area contributed by atoms with Crippen molar-refractivity contribution in [3.05, 3.63) is 89.7 Å². The number of aromatic nitrogens is 1. The molecule has 2 heterocycles. The molecule has 5 rings (SSSR count). The molecule has 0 bridgehead atoms. The molecule has 1 N–H and O–H groups in total. The monoisotopic (exact) mass is 484 g/mol. The topological polar surface area (TPSA) is 41.2 Å². The number of para-hydroxylation sites is 1. The van der Waals surface area contributed by atoms with Crippen molar-refractivity contribution < 1.29 is 14.5 Å². The third-order valence-electron chi connectivity index (χ3n) is 6.52. The zero-order chi connectivity index (χ0) is 27.0. The number of hydrogen-bond donors (Lipinski definition) is 1. The van der Waals surface area contributed by atoms with Gasteiger partial charge in [0.2, 0.25) is 11.2 Å². The summed E-state index contributed by atoms with van der Waals surface area (Å²) in [6.45, 7) is 17.8. The molecule has 0 saturated carbocycles. The van der Waals surface area contributed by atoms with Gasteiger partial charge in [0.25, 0.3) is 0 Å². The summed E-state index contributed by atoms with van der Waals surface area (Å²) in [5, 5.41) is 12.4. The number of aliphatic hydroxyl groups is 1. The van der Waals surface area contributed by atoms with Gasteiger partial charge in [-0.2, -0.15) is 4.57 Å². The molecular formula is C33H42NO2+. The molecule has 1 unspecified atom stereocenters. The summed E-state index contributed by atoms with van der Waals surface area (Å²) in [6, 6.07) is 24.6. The molecular weight excluding hydrogens is 442 g/mol. The van der Waals surface area contributed by atoms with Gasteiger partial charge in [0.15, 0.2) is 11.3 Å². The Morgan fingerprint density at radius 2 is 1.50 bits per heavy atom. The Morgan fingerprint density at radius 1 is 0.917 bits per heavy atom. The van der Waals surface area contributed by atoms with Gasteiger partial charge in [-0.25, -0.2) is 0 Å². The number of allylic oxidation sites excluding steroid dienone is 2. The lowest BCUT2D eigenvalue weighted by atomic mass is 9.86. The molecule has 1 aliphatic heterocycles. The Labute approximate surface area is 217 Å². The van der Waals surface area contributed by atoms with Gasteiger partial charge < -0.3 is 5.11 Å². The highest BCUT2D eigenvalue weighted by molar-refractivity contribution is 5.99. The first-order valence-corrected chi connectivity index (χ1v) is 13.1. The summed E-state index contributed by atoms with van der Waals surface area (Å²) >= 11 is 0. The number of benzene rings is 3. The largest absolute Gasteiger partial charge is 0.512 e. The van der Waals surface area contributed by atoms with Crippen LogP contribution in [0.5, 0.6) is 0 Å². The molecule has 36 heavy (non-hydrogen) atoms. The molecule has 0 saturated heterocycles. The van der Waals surface area contributed by atoms with E-state index >= 15 is 0 Å². The Balaban J connectivity index is 0.000000358. The second-order valence-electron chi connectivity index (χ2n) is 8.80. The zero-order valence-corrected chi connectivity index (χ0v) is 23.4. The first-order chi connectivity index (χ1) is 17.3. The van der Waals surface area contributed by atoms with Crippen molar-refractivity contribution >= 4 is 27.5 Å². The lowest BCUT2D eigenvalue weighted by Gasteiger charge is -2.20. The minimum absolute atomic E-state index is 0.0119. The number of rotatable bonds is 2. The van der Waals surface area contributed by atoms with E-state index in [4.69, 9.17) is 5.11 Å². The van der Waals surface area contributed by atoms with Crippen LogP contribution in [0.4, 0.5) is 0 Å². The highest BCUT2D eigenvalue weighted by Crippen LogP contribution is 2.44. The number of aryl methyl sites for hydroxylation is 1. The molecule has 1 atom stereocenters. The highest BCUT2D eigenvalue weighted by Gasteiger charge is 2.48. The molecule has 3 heteroatoms. The normalized spacial score (nSPS) is 15.4. The van der Waals surface area contributed by atoms with Crippen LogP contribution in [0.25, 0.3) is 32.9 Å². The number of ketones is 1. The quantitative estimate of drug-likeness (QED) is 0.175. The molecule has 1 aromatic heterocycles. The summed E-state index contributed by atoms with van der Waals surface area (Å²) in [5.41, 5.74) is 6.89. The first-order valence-electron chi connectivity index (χ1n) is 13.1. The number of carbonyl (C=O) groups is 1. The van der Waals surface area contributed by atoms with E-state index < -0.39 is 0 Å². The van der Waals surface area contributed by atoms with Gasteiger partial charge in [-0.3, -0.25) is 4.79 Å². The van der Waals surface area contributed by atoms with Gasteiger partial charge in [-0.15, -0.1) is 0 Å². The molecule has 0 amide bonds. The van der Waals surface area contributed by atoms with E-state index in [1.807, 2.05) is 27.7 Å². The molecule has 4 aromatic rings. The Kier molecular flexibility index (Phi) is 9.98. The van der Waals surface area contributed by atoms with Gasteiger partial charge >= 0.3 is 0 Å². The number of fused-ring (bicyclic) bond motifs is 7. The SMILES string of the molecule is CC.CC.CC(=O)/C=C(/C)O.CCC1(C)c2ccc3ccccc3c2-c2cc(C)c3ccccc3[n+]21. The number of aliphatic hydroxyl groups excluding tert-OH is 1. The summed E-state index contributed by atoms with van der Waals surface area (Å²) in [5.74, 6) is -0.0625. The van der Waals surface area contributed by atoms with E-state index in [9.17, 15) is 4.79 Å². The highest BCUT2D eigenvalue weighted by atomic mass is 16.3. The van der Waals surface area contributed by atoms with E-state index in [1.54, 1.807) is 0 Å². The fraction of sp³-hybridized carbons (Fsp3) is 0.333. The third kappa shape index (κ3) is 5.36. The number of carbonyl (C=O) groups excluding carboxylic acids is 1. The van der Waals surface area contributed by atoms with Crippen LogP contribution in [0.3, 0.4) is 0 Å². The minimum Gasteiger partial charge on any atom is -0.512 e. The Morgan fingerprint density at radius 3 is 2.06 bits per heavy atom. The predicted molar refractivity (Wildman–Crippen MR) is 155 cm³/mol. The number of hydrogen-bond acceptors (Lipinski definition) is 2. The van der Waals surface area contributed by atoms with Crippen LogP contribution in [0, 0.1) is 6.92 Å². The molecule has 190 valence electrons. The fourth-order valence-electron chi connectivity index (χ4n) is 4.95. The van der Waals surface area contributed by atoms with Crippen molar-refractivity contribution in [3.63, 3.8) is 0 Å². The Hall–Kier alpha value is -3.46. The van der Waals surface area contributed by atoms with Crippen LogP contribution in [-0.2, 0) is 10.3 Å². The summed E-state index contributed by atoms with van der Waals surface area (Å²) < 4.78 is 2.58. The molecule has 1 aliphatic rings. The second-order valence-corrected chi connectivity index (χ2v) is 8.80. The Bertz CT molecular complexity index is 1380. The minimum atomic E-state index is -0.125. The fourth-order valence-corrected chi connectivity index (χ4v) is 4.95. The second kappa shape index (κ2) is 12.5. The average Bonchev–Trinajstić information content (AvgIpc) is 3.15. The molecule has 0 spiro atoms. The number of pyridine rings is 1. The average molecular weight is 485 g/mol. The molecule has 0 fully saturated rings. The zero-order valence-electron chi connectivity index (χ0n) is 23.4. The van der Waals surface area contributed by atoms with Gasteiger partial charge in [0.05, 0.1) is 11.3 Å². The van der Waals surface area contributed by atoms with Gasteiger partial charge in [0, 0.05) is 42.5 Å². The summed E-state index contributed by atoms with van der Waals surface area (Å²) in [6.07, 6.45) is 2.24. The van der Waals surface area contributed by atoms with Crippen LogP contribution in [0.1, 0.15) is 72.9 Å². The summed E-state index contributed by atoms with van der Waals surface area (Å²) in [4.78, 5) is 10.0. The molecule has 0 radical (unpaired) electrons. The lowest BCUT2D eigenvalue weighted by molar-refractivity contribution is -0.712.